The molecule has 1 aliphatic carbocycles. The summed E-state index contributed by atoms with van der Waals surface area (Å²) in [6.45, 7) is 2.30. The predicted octanol–water partition coefficient (Wildman–Crippen LogP) is 2.67. The molecule has 0 unspecified atom stereocenters. The van der Waals surface area contributed by atoms with Crippen LogP contribution in [0.1, 0.15) is 48.0 Å². The molecule has 1 saturated carbocycles. The third kappa shape index (κ3) is 4.06. The number of aliphatic hydroxyl groups excluding tert-OH is 1. The largest absolute Gasteiger partial charge is 0.396 e. The van der Waals surface area contributed by atoms with Crippen LogP contribution in [-0.4, -0.2) is 23.7 Å². The highest BCUT2D eigenvalue weighted by Crippen LogP contribution is 2.26. The first-order valence-electron chi connectivity index (χ1n) is 7.17. The molecule has 3 nitrogen and oxygen atoms in total. The fourth-order valence-corrected chi connectivity index (χ4v) is 2.75. The van der Waals surface area contributed by atoms with Gasteiger partial charge in [-0.3, -0.25) is 4.79 Å². The number of hydrogen-bond acceptors (Lipinski definition) is 2. The fourth-order valence-electron chi connectivity index (χ4n) is 2.75. The summed E-state index contributed by atoms with van der Waals surface area (Å²) < 4.78 is 0. The highest BCUT2D eigenvalue weighted by Gasteiger charge is 2.22. The first-order valence-corrected chi connectivity index (χ1v) is 7.17. The topological polar surface area (TPSA) is 49.3 Å². The van der Waals surface area contributed by atoms with Gasteiger partial charge >= 0.3 is 0 Å². The molecular weight excluding hydrogens is 238 g/mol. The number of carbonyl (C=O) groups is 1. The normalized spacial score (nSPS) is 23.1. The van der Waals surface area contributed by atoms with Crippen LogP contribution in [-0.2, 0) is 0 Å². The van der Waals surface area contributed by atoms with E-state index in [1.54, 1.807) is 0 Å². The van der Waals surface area contributed by atoms with E-state index in [-0.39, 0.29) is 12.5 Å². The van der Waals surface area contributed by atoms with E-state index < -0.39 is 0 Å². The number of amides is 1. The van der Waals surface area contributed by atoms with E-state index >= 15 is 0 Å². The molecule has 0 heterocycles. The van der Waals surface area contributed by atoms with Gasteiger partial charge in [-0.05, 0) is 57.1 Å². The minimum absolute atomic E-state index is 0.0330. The lowest BCUT2D eigenvalue weighted by Crippen LogP contribution is -2.37. The van der Waals surface area contributed by atoms with Gasteiger partial charge in [0.1, 0.15) is 0 Å². The van der Waals surface area contributed by atoms with Gasteiger partial charge in [-0.2, -0.15) is 0 Å². The van der Waals surface area contributed by atoms with E-state index in [2.05, 4.69) is 5.32 Å². The summed E-state index contributed by atoms with van der Waals surface area (Å²) in [6, 6.07) is 7.98. The Kier molecular flexibility index (Phi) is 4.97. The van der Waals surface area contributed by atoms with Crippen LogP contribution in [0.2, 0.25) is 0 Å². The molecule has 1 fully saturated rings. The van der Waals surface area contributed by atoms with Crippen molar-refractivity contribution >= 4 is 5.91 Å². The van der Waals surface area contributed by atoms with Crippen molar-refractivity contribution in [2.45, 2.75) is 45.1 Å². The van der Waals surface area contributed by atoms with Crippen molar-refractivity contribution in [1.29, 1.82) is 0 Å². The maximum Gasteiger partial charge on any atom is 0.251 e. The first kappa shape index (κ1) is 14.1. The Bertz CT molecular complexity index is 405. The van der Waals surface area contributed by atoms with Crippen LogP contribution in [0.3, 0.4) is 0 Å². The molecule has 1 aromatic carbocycles. The highest BCUT2D eigenvalue weighted by atomic mass is 16.3. The van der Waals surface area contributed by atoms with E-state index in [9.17, 15) is 4.79 Å². The zero-order chi connectivity index (χ0) is 13.7. The molecule has 19 heavy (non-hydrogen) atoms. The molecule has 0 radical (unpaired) electrons. The number of aryl methyl sites for hydroxylation is 1. The van der Waals surface area contributed by atoms with Crippen LogP contribution in [0.25, 0.3) is 0 Å². The van der Waals surface area contributed by atoms with Gasteiger partial charge in [-0.15, -0.1) is 0 Å². The predicted molar refractivity (Wildman–Crippen MR) is 76.1 cm³/mol. The van der Waals surface area contributed by atoms with Crippen molar-refractivity contribution in [2.75, 3.05) is 6.61 Å². The number of aliphatic hydroxyl groups is 1. The van der Waals surface area contributed by atoms with Gasteiger partial charge < -0.3 is 10.4 Å². The first-order chi connectivity index (χ1) is 9.19. The van der Waals surface area contributed by atoms with Gasteiger partial charge in [-0.25, -0.2) is 0 Å². The molecule has 0 aromatic heterocycles. The molecular formula is C16H23NO2. The van der Waals surface area contributed by atoms with Crippen molar-refractivity contribution in [3.05, 3.63) is 35.4 Å². The molecule has 1 aliphatic rings. The molecule has 1 aromatic rings. The van der Waals surface area contributed by atoms with Gasteiger partial charge in [0.2, 0.25) is 0 Å². The zero-order valence-corrected chi connectivity index (χ0v) is 11.6. The van der Waals surface area contributed by atoms with Crippen molar-refractivity contribution in [3.8, 4) is 0 Å². The number of carbonyl (C=O) groups excluding carboxylic acids is 1. The summed E-state index contributed by atoms with van der Waals surface area (Å²) in [4.78, 5) is 12.1. The lowest BCUT2D eigenvalue weighted by Gasteiger charge is -2.28. The van der Waals surface area contributed by atoms with Crippen LogP contribution >= 0.6 is 0 Å². The Morgan fingerprint density at radius 3 is 2.42 bits per heavy atom. The molecule has 0 bridgehead atoms. The number of nitrogens with one attached hydrogen (secondary N) is 1. The van der Waals surface area contributed by atoms with Gasteiger partial charge in [0.15, 0.2) is 0 Å². The molecule has 1 amide bonds. The quantitative estimate of drug-likeness (QED) is 0.875. The molecule has 2 N–H and O–H groups in total. The van der Waals surface area contributed by atoms with E-state index in [0.717, 1.165) is 37.7 Å². The minimum atomic E-state index is 0.0330. The summed E-state index contributed by atoms with van der Waals surface area (Å²) >= 11 is 0. The van der Waals surface area contributed by atoms with Crippen LogP contribution in [0.15, 0.2) is 24.3 Å². The summed E-state index contributed by atoms with van der Waals surface area (Å²) in [6.07, 6.45) is 5.18. The summed E-state index contributed by atoms with van der Waals surface area (Å²) in [5.41, 5.74) is 1.91. The average Bonchev–Trinajstić information content (AvgIpc) is 2.42. The lowest BCUT2D eigenvalue weighted by atomic mass is 9.84. The second kappa shape index (κ2) is 6.71. The fraction of sp³-hybridized carbons (Fsp3) is 0.562. The van der Waals surface area contributed by atoms with Gasteiger partial charge in [0.25, 0.3) is 5.91 Å². The van der Waals surface area contributed by atoms with E-state index in [1.807, 2.05) is 31.2 Å². The second-order valence-corrected chi connectivity index (χ2v) is 5.57. The monoisotopic (exact) mass is 261 g/mol. The van der Waals surface area contributed by atoms with Crippen LogP contribution < -0.4 is 5.32 Å². The molecule has 0 spiro atoms. The van der Waals surface area contributed by atoms with E-state index in [1.165, 1.54) is 5.56 Å². The maximum atomic E-state index is 12.1. The highest BCUT2D eigenvalue weighted by molar-refractivity contribution is 5.94. The van der Waals surface area contributed by atoms with E-state index in [4.69, 9.17) is 5.11 Å². The Labute approximate surface area is 115 Å². The Balaban J connectivity index is 1.82. The molecule has 0 aliphatic heterocycles. The summed E-state index contributed by atoms with van der Waals surface area (Å²) in [7, 11) is 0. The smallest absolute Gasteiger partial charge is 0.251 e. The van der Waals surface area contributed by atoms with Crippen LogP contribution in [0.5, 0.6) is 0 Å². The zero-order valence-electron chi connectivity index (χ0n) is 11.6. The molecule has 0 atom stereocenters. The SMILES string of the molecule is Cc1ccc(C(=O)NC2CCC(CCO)CC2)cc1. The van der Waals surface area contributed by atoms with Crippen molar-refractivity contribution < 1.29 is 9.90 Å². The molecule has 3 heteroatoms. The van der Waals surface area contributed by atoms with E-state index in [0.29, 0.717) is 12.0 Å². The average molecular weight is 261 g/mol. The van der Waals surface area contributed by atoms with Crippen molar-refractivity contribution in [2.24, 2.45) is 5.92 Å². The number of benzene rings is 1. The standard InChI is InChI=1S/C16H23NO2/c1-12-2-6-14(7-3-12)16(19)17-15-8-4-13(5-9-15)10-11-18/h2-3,6-7,13,15,18H,4-5,8-11H2,1H3,(H,17,19). The van der Waals surface area contributed by atoms with Gasteiger partial charge in [-0.1, -0.05) is 17.7 Å². The Hall–Kier alpha value is -1.35. The van der Waals surface area contributed by atoms with Crippen molar-refractivity contribution in [1.82, 2.24) is 5.32 Å². The second-order valence-electron chi connectivity index (χ2n) is 5.57. The van der Waals surface area contributed by atoms with Gasteiger partial charge in [0.05, 0.1) is 0 Å². The lowest BCUT2D eigenvalue weighted by molar-refractivity contribution is 0.0918. The number of rotatable bonds is 4. The Morgan fingerprint density at radius 2 is 1.84 bits per heavy atom. The summed E-state index contributed by atoms with van der Waals surface area (Å²) in [5.74, 6) is 0.670. The molecule has 2 rings (SSSR count). The number of hydrogen-bond donors (Lipinski definition) is 2. The molecule has 104 valence electrons. The van der Waals surface area contributed by atoms with Crippen molar-refractivity contribution in [3.63, 3.8) is 0 Å². The van der Waals surface area contributed by atoms with Crippen LogP contribution in [0.4, 0.5) is 0 Å². The Morgan fingerprint density at radius 1 is 1.21 bits per heavy atom. The molecule has 0 saturated heterocycles. The maximum absolute atomic E-state index is 12.1. The third-order valence-electron chi connectivity index (χ3n) is 4.03. The van der Waals surface area contributed by atoms with Gasteiger partial charge in [0, 0.05) is 18.2 Å². The third-order valence-corrected chi connectivity index (χ3v) is 4.03. The van der Waals surface area contributed by atoms with Crippen LogP contribution in [0, 0.1) is 12.8 Å². The minimum Gasteiger partial charge on any atom is -0.396 e. The summed E-state index contributed by atoms with van der Waals surface area (Å²) in [5, 5.41) is 12.0.